The summed E-state index contributed by atoms with van der Waals surface area (Å²) in [5, 5.41) is 3.93. The van der Waals surface area contributed by atoms with Gasteiger partial charge in [0, 0.05) is 12.6 Å². The standard InChI is InChI=1S/C12H13N3O/c1-9-4-3-5-10(6-9)11(16)7-12-13-8-14-15(12)2/h3-6,8H,7H2,1-2H3. The van der Waals surface area contributed by atoms with Gasteiger partial charge in [-0.2, -0.15) is 5.10 Å². The topological polar surface area (TPSA) is 47.8 Å². The van der Waals surface area contributed by atoms with Crippen LogP contribution in [0.4, 0.5) is 0 Å². The molecule has 0 aliphatic carbocycles. The van der Waals surface area contributed by atoms with Gasteiger partial charge in [-0.3, -0.25) is 9.48 Å². The summed E-state index contributed by atoms with van der Waals surface area (Å²) in [5.41, 5.74) is 1.81. The Morgan fingerprint density at radius 1 is 1.44 bits per heavy atom. The average molecular weight is 215 g/mol. The Hall–Kier alpha value is -1.97. The molecular weight excluding hydrogens is 202 g/mol. The van der Waals surface area contributed by atoms with Crippen molar-refractivity contribution < 1.29 is 4.79 Å². The second-order valence-corrected chi connectivity index (χ2v) is 3.77. The first-order valence-electron chi connectivity index (χ1n) is 5.09. The van der Waals surface area contributed by atoms with E-state index >= 15 is 0 Å². The molecular formula is C12H13N3O. The van der Waals surface area contributed by atoms with Crippen LogP contribution in [0.5, 0.6) is 0 Å². The number of hydrogen-bond acceptors (Lipinski definition) is 3. The van der Waals surface area contributed by atoms with Crippen LogP contribution in [0.1, 0.15) is 21.7 Å². The highest BCUT2D eigenvalue weighted by molar-refractivity contribution is 5.97. The van der Waals surface area contributed by atoms with Crippen molar-refractivity contribution >= 4 is 5.78 Å². The molecule has 0 atom stereocenters. The zero-order valence-corrected chi connectivity index (χ0v) is 9.34. The molecule has 82 valence electrons. The number of aromatic nitrogens is 3. The van der Waals surface area contributed by atoms with E-state index in [0.29, 0.717) is 12.2 Å². The van der Waals surface area contributed by atoms with Crippen LogP contribution < -0.4 is 0 Å². The molecule has 4 heteroatoms. The largest absolute Gasteiger partial charge is 0.294 e. The molecule has 0 aliphatic rings. The number of ketones is 1. The highest BCUT2D eigenvalue weighted by atomic mass is 16.1. The number of nitrogens with zero attached hydrogens (tertiary/aromatic N) is 3. The molecule has 0 radical (unpaired) electrons. The Morgan fingerprint density at radius 3 is 2.88 bits per heavy atom. The molecule has 1 aromatic heterocycles. The Balaban J connectivity index is 2.18. The molecule has 1 aromatic carbocycles. The molecule has 4 nitrogen and oxygen atoms in total. The van der Waals surface area contributed by atoms with E-state index in [2.05, 4.69) is 10.1 Å². The zero-order valence-electron chi connectivity index (χ0n) is 9.34. The quantitative estimate of drug-likeness (QED) is 0.730. The van der Waals surface area contributed by atoms with Gasteiger partial charge in [0.25, 0.3) is 0 Å². The smallest absolute Gasteiger partial charge is 0.170 e. The van der Waals surface area contributed by atoms with Crippen molar-refractivity contribution in [3.05, 3.63) is 47.5 Å². The lowest BCUT2D eigenvalue weighted by Crippen LogP contribution is -2.09. The number of aryl methyl sites for hydroxylation is 2. The minimum absolute atomic E-state index is 0.0693. The molecule has 0 saturated heterocycles. The maximum absolute atomic E-state index is 11.9. The third-order valence-electron chi connectivity index (χ3n) is 2.46. The summed E-state index contributed by atoms with van der Waals surface area (Å²) in [6.45, 7) is 1.97. The van der Waals surface area contributed by atoms with Gasteiger partial charge in [-0.1, -0.05) is 23.8 Å². The van der Waals surface area contributed by atoms with E-state index in [1.165, 1.54) is 6.33 Å². The van der Waals surface area contributed by atoms with Gasteiger partial charge in [0.1, 0.15) is 12.2 Å². The van der Waals surface area contributed by atoms with Crippen LogP contribution in [0.25, 0.3) is 0 Å². The highest BCUT2D eigenvalue weighted by Gasteiger charge is 2.10. The summed E-state index contributed by atoms with van der Waals surface area (Å²) >= 11 is 0. The van der Waals surface area contributed by atoms with Crippen LogP contribution in [0.2, 0.25) is 0 Å². The Labute approximate surface area is 93.9 Å². The summed E-state index contributed by atoms with van der Waals surface area (Å²) in [5.74, 6) is 0.756. The SMILES string of the molecule is Cc1cccc(C(=O)Cc2ncnn2C)c1. The van der Waals surface area contributed by atoms with Crippen LogP contribution in [0, 0.1) is 6.92 Å². The van der Waals surface area contributed by atoms with Crippen molar-refractivity contribution in [3.8, 4) is 0 Å². The molecule has 0 amide bonds. The van der Waals surface area contributed by atoms with Crippen LogP contribution in [0.3, 0.4) is 0 Å². The lowest BCUT2D eigenvalue weighted by atomic mass is 10.1. The van der Waals surface area contributed by atoms with Gasteiger partial charge >= 0.3 is 0 Å². The molecule has 0 aliphatic heterocycles. The van der Waals surface area contributed by atoms with Crippen molar-refractivity contribution in [2.24, 2.45) is 7.05 Å². The second kappa shape index (κ2) is 4.26. The lowest BCUT2D eigenvalue weighted by Gasteiger charge is -2.01. The summed E-state index contributed by atoms with van der Waals surface area (Å²) in [6, 6.07) is 7.57. The number of carbonyl (C=O) groups excluding carboxylic acids is 1. The van der Waals surface area contributed by atoms with E-state index in [9.17, 15) is 4.79 Å². The Kier molecular flexibility index (Phi) is 2.81. The van der Waals surface area contributed by atoms with E-state index in [1.54, 1.807) is 11.7 Å². The van der Waals surface area contributed by atoms with E-state index < -0.39 is 0 Å². The Bertz CT molecular complexity index is 516. The summed E-state index contributed by atoms with van der Waals surface area (Å²) in [4.78, 5) is 16.0. The number of hydrogen-bond donors (Lipinski definition) is 0. The minimum atomic E-state index is 0.0693. The maximum Gasteiger partial charge on any atom is 0.170 e. The second-order valence-electron chi connectivity index (χ2n) is 3.77. The molecule has 0 N–H and O–H groups in total. The summed E-state index contributed by atoms with van der Waals surface area (Å²) in [7, 11) is 1.78. The van der Waals surface area contributed by atoms with E-state index in [4.69, 9.17) is 0 Å². The van der Waals surface area contributed by atoms with Gasteiger partial charge in [-0.05, 0) is 13.0 Å². The number of Topliss-reactive ketones (excluding diaryl/α,β-unsaturated/α-hetero) is 1. The van der Waals surface area contributed by atoms with Crippen molar-refractivity contribution in [2.45, 2.75) is 13.3 Å². The van der Waals surface area contributed by atoms with E-state index in [1.807, 2.05) is 31.2 Å². The molecule has 2 aromatic rings. The predicted octanol–water partition coefficient (Wildman–Crippen LogP) is 1.55. The van der Waals surface area contributed by atoms with Crippen molar-refractivity contribution in [1.29, 1.82) is 0 Å². The zero-order chi connectivity index (χ0) is 11.5. The summed E-state index contributed by atoms with van der Waals surface area (Å²) in [6.07, 6.45) is 1.75. The monoisotopic (exact) mass is 215 g/mol. The lowest BCUT2D eigenvalue weighted by molar-refractivity contribution is 0.0989. The molecule has 16 heavy (non-hydrogen) atoms. The normalized spacial score (nSPS) is 10.4. The molecule has 0 fully saturated rings. The van der Waals surface area contributed by atoms with E-state index in [0.717, 1.165) is 11.1 Å². The van der Waals surface area contributed by atoms with Crippen molar-refractivity contribution in [3.63, 3.8) is 0 Å². The van der Waals surface area contributed by atoms with Crippen LogP contribution in [-0.2, 0) is 13.5 Å². The fraction of sp³-hybridized carbons (Fsp3) is 0.250. The van der Waals surface area contributed by atoms with Gasteiger partial charge < -0.3 is 0 Å². The van der Waals surface area contributed by atoms with Gasteiger partial charge in [0.15, 0.2) is 5.78 Å². The maximum atomic E-state index is 11.9. The first-order valence-corrected chi connectivity index (χ1v) is 5.09. The van der Waals surface area contributed by atoms with Crippen molar-refractivity contribution in [1.82, 2.24) is 14.8 Å². The first kappa shape index (κ1) is 10.5. The summed E-state index contributed by atoms with van der Waals surface area (Å²) < 4.78 is 1.62. The predicted molar refractivity (Wildman–Crippen MR) is 60.2 cm³/mol. The molecule has 2 rings (SSSR count). The van der Waals surface area contributed by atoms with Crippen LogP contribution in [-0.4, -0.2) is 20.5 Å². The van der Waals surface area contributed by atoms with E-state index in [-0.39, 0.29) is 5.78 Å². The average Bonchev–Trinajstić information content (AvgIpc) is 2.64. The molecule has 0 spiro atoms. The van der Waals surface area contributed by atoms with Gasteiger partial charge in [0.05, 0.1) is 6.42 Å². The fourth-order valence-electron chi connectivity index (χ4n) is 1.54. The van der Waals surface area contributed by atoms with Crippen LogP contribution >= 0.6 is 0 Å². The van der Waals surface area contributed by atoms with Crippen molar-refractivity contribution in [2.75, 3.05) is 0 Å². The number of rotatable bonds is 3. The molecule has 0 bridgehead atoms. The third kappa shape index (κ3) is 2.16. The fourth-order valence-corrected chi connectivity index (χ4v) is 1.54. The number of carbonyl (C=O) groups is 1. The molecule has 1 heterocycles. The highest BCUT2D eigenvalue weighted by Crippen LogP contribution is 2.07. The Morgan fingerprint density at radius 2 is 2.25 bits per heavy atom. The minimum Gasteiger partial charge on any atom is -0.294 e. The molecule has 0 unspecified atom stereocenters. The molecule has 0 saturated carbocycles. The third-order valence-corrected chi connectivity index (χ3v) is 2.46. The van der Waals surface area contributed by atoms with Crippen LogP contribution in [0.15, 0.2) is 30.6 Å². The van der Waals surface area contributed by atoms with Gasteiger partial charge in [0.2, 0.25) is 0 Å². The van der Waals surface area contributed by atoms with Gasteiger partial charge in [-0.25, -0.2) is 4.98 Å². The first-order chi connectivity index (χ1) is 7.66. The van der Waals surface area contributed by atoms with Gasteiger partial charge in [-0.15, -0.1) is 0 Å². The number of benzene rings is 1.